The number of aliphatic hydroxyl groups is 1. The Labute approximate surface area is 211 Å². The molecule has 1 saturated heterocycles. The number of nitrogens with zero attached hydrogens (tertiary/aromatic N) is 3. The van der Waals surface area contributed by atoms with E-state index in [0.29, 0.717) is 22.5 Å². The molecule has 0 radical (unpaired) electrons. The first-order chi connectivity index (χ1) is 17.1. The molecule has 2 N–H and O–H groups in total. The molecule has 2 aromatic heterocycles. The highest BCUT2D eigenvalue weighted by Gasteiger charge is 2.40. The zero-order chi connectivity index (χ0) is 26.1. The number of aryl methyl sites for hydroxylation is 1. The molecule has 1 aromatic carbocycles. The van der Waals surface area contributed by atoms with E-state index >= 15 is 4.39 Å². The molecule has 7 nitrogen and oxygen atoms in total. The van der Waals surface area contributed by atoms with Crippen molar-refractivity contribution in [2.24, 2.45) is 0 Å². The molecular formula is C25H26ClF3N4O3. The van der Waals surface area contributed by atoms with E-state index in [2.05, 4.69) is 15.5 Å². The summed E-state index contributed by atoms with van der Waals surface area (Å²) in [5.41, 5.74) is -0.105. The number of piperidine rings is 1. The molecule has 11 heteroatoms. The average molecular weight is 523 g/mol. The number of hydrogen-bond acceptors (Lipinski definition) is 5. The van der Waals surface area contributed by atoms with Crippen LogP contribution in [0.15, 0.2) is 41.1 Å². The molecule has 0 saturated carbocycles. The molecule has 4 rings (SSSR count). The molecule has 3 aromatic rings. The van der Waals surface area contributed by atoms with E-state index in [1.807, 2.05) is 0 Å². The van der Waals surface area contributed by atoms with Crippen LogP contribution in [0, 0.1) is 6.92 Å². The highest BCUT2D eigenvalue weighted by atomic mass is 35.5. The van der Waals surface area contributed by atoms with E-state index in [9.17, 15) is 13.6 Å². The number of benzene rings is 1. The number of carbonyl (C=O) groups excluding carboxylic acids is 1. The normalized spacial score (nSPS) is 15.7. The number of aliphatic hydroxyl groups excluding tert-OH is 1. The Hall–Kier alpha value is -3.11. The Morgan fingerprint density at radius 3 is 2.58 bits per heavy atom. The van der Waals surface area contributed by atoms with Crippen molar-refractivity contribution < 1.29 is 27.6 Å². The standard InChI is InChI=1S/C25H26ClF3N4O3/c1-3-25(28,29)19-5-4-17(10-15(19)2)31-23(35)33-8-6-24(27,7-9-33)22-20(26)11-16(13-30-22)21-12-18(14-34)36-32-21/h4-5,10-13,34H,3,6-9,14H2,1-2H3,(H,31,35). The van der Waals surface area contributed by atoms with E-state index in [4.69, 9.17) is 21.2 Å². The van der Waals surface area contributed by atoms with E-state index in [1.165, 1.54) is 42.3 Å². The van der Waals surface area contributed by atoms with Crippen LogP contribution in [-0.4, -0.2) is 39.3 Å². The number of anilines is 1. The van der Waals surface area contributed by atoms with Crippen LogP contribution in [0.3, 0.4) is 0 Å². The highest BCUT2D eigenvalue weighted by Crippen LogP contribution is 2.40. The Morgan fingerprint density at radius 1 is 1.28 bits per heavy atom. The van der Waals surface area contributed by atoms with Crippen LogP contribution < -0.4 is 5.32 Å². The van der Waals surface area contributed by atoms with E-state index in [-0.39, 0.29) is 61.0 Å². The minimum atomic E-state index is -2.94. The molecule has 0 unspecified atom stereocenters. The second-order valence-corrected chi connectivity index (χ2v) is 9.27. The summed E-state index contributed by atoms with van der Waals surface area (Å²) in [5, 5.41) is 15.8. The predicted octanol–water partition coefficient (Wildman–Crippen LogP) is 6.19. The number of halogens is 4. The topological polar surface area (TPSA) is 91.5 Å². The van der Waals surface area contributed by atoms with Crippen molar-refractivity contribution in [3.8, 4) is 11.3 Å². The quantitative estimate of drug-likeness (QED) is 0.403. The number of pyridine rings is 1. The van der Waals surface area contributed by atoms with Crippen LogP contribution >= 0.6 is 11.6 Å². The smallest absolute Gasteiger partial charge is 0.321 e. The number of urea groups is 1. The second kappa shape index (κ2) is 10.1. The third-order valence-corrected chi connectivity index (χ3v) is 6.72. The Bertz CT molecular complexity index is 1260. The summed E-state index contributed by atoms with van der Waals surface area (Å²) in [6.07, 6.45) is 1.11. The first-order valence-corrected chi connectivity index (χ1v) is 11.9. The third-order valence-electron chi connectivity index (χ3n) is 6.44. The molecule has 0 atom stereocenters. The Balaban J connectivity index is 1.40. The van der Waals surface area contributed by atoms with Gasteiger partial charge in [-0.25, -0.2) is 18.0 Å². The number of nitrogens with one attached hydrogen (secondary N) is 1. The summed E-state index contributed by atoms with van der Waals surface area (Å²) < 4.78 is 48.9. The van der Waals surface area contributed by atoms with Gasteiger partial charge in [0.15, 0.2) is 11.4 Å². The van der Waals surface area contributed by atoms with Gasteiger partial charge in [-0.1, -0.05) is 29.7 Å². The lowest BCUT2D eigenvalue weighted by molar-refractivity contribution is -0.00887. The number of hydrogen-bond donors (Lipinski definition) is 2. The Morgan fingerprint density at radius 2 is 2.00 bits per heavy atom. The summed E-state index contributed by atoms with van der Waals surface area (Å²) in [6.45, 7) is 2.93. The van der Waals surface area contributed by atoms with Gasteiger partial charge >= 0.3 is 6.03 Å². The number of alkyl halides is 3. The van der Waals surface area contributed by atoms with E-state index < -0.39 is 17.6 Å². The van der Waals surface area contributed by atoms with Gasteiger partial charge in [-0.05, 0) is 30.7 Å². The van der Waals surface area contributed by atoms with Gasteiger partial charge in [-0.3, -0.25) is 4.98 Å². The molecule has 1 fully saturated rings. The minimum absolute atomic E-state index is 0.00814. The van der Waals surface area contributed by atoms with Gasteiger partial charge in [0, 0.05) is 61.4 Å². The van der Waals surface area contributed by atoms with Crippen molar-refractivity contribution in [2.75, 3.05) is 18.4 Å². The predicted molar refractivity (Wildman–Crippen MR) is 129 cm³/mol. The van der Waals surface area contributed by atoms with Crippen molar-refractivity contribution in [1.82, 2.24) is 15.0 Å². The zero-order valence-electron chi connectivity index (χ0n) is 19.8. The average Bonchev–Trinajstić information content (AvgIpc) is 3.33. The second-order valence-electron chi connectivity index (χ2n) is 8.86. The fourth-order valence-corrected chi connectivity index (χ4v) is 4.61. The molecule has 0 bridgehead atoms. The van der Waals surface area contributed by atoms with Gasteiger partial charge in [0.1, 0.15) is 12.3 Å². The summed E-state index contributed by atoms with van der Waals surface area (Å²) in [4.78, 5) is 18.4. The molecule has 192 valence electrons. The van der Waals surface area contributed by atoms with Gasteiger partial charge in [-0.2, -0.15) is 0 Å². The first kappa shape index (κ1) is 26.0. The fraction of sp³-hybridized carbons (Fsp3) is 0.400. The van der Waals surface area contributed by atoms with Gasteiger partial charge in [0.25, 0.3) is 5.92 Å². The molecule has 0 aliphatic carbocycles. The van der Waals surface area contributed by atoms with Crippen LogP contribution in [0.1, 0.15) is 48.8 Å². The maximum absolute atomic E-state index is 15.8. The maximum atomic E-state index is 15.8. The minimum Gasteiger partial charge on any atom is -0.388 e. The lowest BCUT2D eigenvalue weighted by atomic mass is 9.89. The van der Waals surface area contributed by atoms with E-state index in [0.717, 1.165) is 0 Å². The molecule has 36 heavy (non-hydrogen) atoms. The van der Waals surface area contributed by atoms with Crippen LogP contribution in [0.4, 0.5) is 23.7 Å². The number of aromatic nitrogens is 2. The van der Waals surface area contributed by atoms with Crippen LogP contribution in [0.2, 0.25) is 5.02 Å². The largest absolute Gasteiger partial charge is 0.388 e. The van der Waals surface area contributed by atoms with Crippen molar-refractivity contribution in [1.29, 1.82) is 0 Å². The first-order valence-electron chi connectivity index (χ1n) is 11.5. The van der Waals surface area contributed by atoms with Crippen molar-refractivity contribution >= 4 is 23.3 Å². The van der Waals surface area contributed by atoms with Crippen molar-refractivity contribution in [3.05, 3.63) is 64.1 Å². The third kappa shape index (κ3) is 5.19. The molecular weight excluding hydrogens is 497 g/mol. The van der Waals surface area contributed by atoms with Crippen LogP contribution in [-0.2, 0) is 18.2 Å². The van der Waals surface area contributed by atoms with Crippen molar-refractivity contribution in [3.63, 3.8) is 0 Å². The highest BCUT2D eigenvalue weighted by molar-refractivity contribution is 6.31. The SMILES string of the molecule is CCC(F)(F)c1ccc(NC(=O)N2CCC(F)(c3ncc(-c4cc(CO)on4)cc3Cl)CC2)cc1C. The number of amides is 2. The van der Waals surface area contributed by atoms with Gasteiger partial charge in [0.05, 0.1) is 10.7 Å². The van der Waals surface area contributed by atoms with Gasteiger partial charge < -0.3 is 19.8 Å². The van der Waals surface area contributed by atoms with Gasteiger partial charge in [0.2, 0.25) is 0 Å². The van der Waals surface area contributed by atoms with Crippen molar-refractivity contribution in [2.45, 2.75) is 51.3 Å². The fourth-order valence-electron chi connectivity index (χ4n) is 4.28. The maximum Gasteiger partial charge on any atom is 0.321 e. The molecule has 3 heterocycles. The molecule has 1 aliphatic heterocycles. The van der Waals surface area contributed by atoms with Crippen LogP contribution in [0.25, 0.3) is 11.3 Å². The van der Waals surface area contributed by atoms with Crippen LogP contribution in [0.5, 0.6) is 0 Å². The number of likely N-dealkylation sites (tertiary alicyclic amines) is 1. The van der Waals surface area contributed by atoms with E-state index in [1.54, 1.807) is 13.0 Å². The monoisotopic (exact) mass is 522 g/mol. The van der Waals surface area contributed by atoms with Gasteiger partial charge in [-0.15, -0.1) is 0 Å². The Kier molecular flexibility index (Phi) is 7.28. The summed E-state index contributed by atoms with van der Waals surface area (Å²) >= 11 is 6.36. The number of carbonyl (C=O) groups is 1. The number of rotatable bonds is 6. The lowest BCUT2D eigenvalue weighted by Crippen LogP contribution is -2.45. The molecule has 0 spiro atoms. The molecule has 1 aliphatic rings. The summed E-state index contributed by atoms with van der Waals surface area (Å²) in [6, 6.07) is 6.90. The summed E-state index contributed by atoms with van der Waals surface area (Å²) in [5.74, 6) is -2.66. The zero-order valence-corrected chi connectivity index (χ0v) is 20.6. The molecule has 2 amide bonds. The lowest BCUT2D eigenvalue weighted by Gasteiger charge is -2.36. The summed E-state index contributed by atoms with van der Waals surface area (Å²) in [7, 11) is 0.